The maximum atomic E-state index is 12.7. The van der Waals surface area contributed by atoms with Crippen molar-refractivity contribution in [2.24, 2.45) is 0 Å². The SMILES string of the molecule is C=CCC[C@@H](NC(=O)c1ccc(F)cc1)C(=O)O. The summed E-state index contributed by atoms with van der Waals surface area (Å²) in [6, 6.07) is 3.93. The van der Waals surface area contributed by atoms with Crippen LogP contribution in [0.2, 0.25) is 0 Å². The smallest absolute Gasteiger partial charge is 0.326 e. The standard InChI is InChI=1S/C13H14FNO3/c1-2-3-4-11(13(17)18)15-12(16)9-5-7-10(14)8-6-9/h2,5-8,11H,1,3-4H2,(H,15,16)(H,17,18)/t11-/m1/s1. The zero-order chi connectivity index (χ0) is 13.5. The van der Waals surface area contributed by atoms with Crippen molar-refractivity contribution in [3.63, 3.8) is 0 Å². The molecule has 0 heterocycles. The van der Waals surface area contributed by atoms with Gasteiger partial charge in [-0.15, -0.1) is 6.58 Å². The number of halogens is 1. The van der Waals surface area contributed by atoms with Gasteiger partial charge < -0.3 is 10.4 Å². The van der Waals surface area contributed by atoms with Crippen molar-refractivity contribution in [2.45, 2.75) is 18.9 Å². The minimum Gasteiger partial charge on any atom is -0.480 e. The largest absolute Gasteiger partial charge is 0.480 e. The van der Waals surface area contributed by atoms with Crippen molar-refractivity contribution >= 4 is 11.9 Å². The third-order valence-corrected chi connectivity index (χ3v) is 2.37. The molecule has 96 valence electrons. The summed E-state index contributed by atoms with van der Waals surface area (Å²) < 4.78 is 12.7. The summed E-state index contributed by atoms with van der Waals surface area (Å²) in [6.07, 6.45) is 2.34. The van der Waals surface area contributed by atoms with E-state index in [9.17, 15) is 14.0 Å². The van der Waals surface area contributed by atoms with E-state index in [0.29, 0.717) is 6.42 Å². The average Bonchev–Trinajstić information content (AvgIpc) is 2.34. The number of carbonyl (C=O) groups is 2. The van der Waals surface area contributed by atoms with E-state index in [2.05, 4.69) is 11.9 Å². The lowest BCUT2D eigenvalue weighted by molar-refractivity contribution is -0.139. The molecular weight excluding hydrogens is 237 g/mol. The van der Waals surface area contributed by atoms with E-state index < -0.39 is 23.7 Å². The van der Waals surface area contributed by atoms with Crippen LogP contribution in [-0.4, -0.2) is 23.0 Å². The summed E-state index contributed by atoms with van der Waals surface area (Å²) >= 11 is 0. The van der Waals surface area contributed by atoms with Gasteiger partial charge in [-0.25, -0.2) is 9.18 Å². The molecule has 1 aromatic rings. The van der Waals surface area contributed by atoms with Gasteiger partial charge in [0.15, 0.2) is 0 Å². The zero-order valence-electron chi connectivity index (χ0n) is 9.73. The van der Waals surface area contributed by atoms with Crippen LogP contribution in [0.1, 0.15) is 23.2 Å². The molecule has 0 aliphatic rings. The lowest BCUT2D eigenvalue weighted by Crippen LogP contribution is -2.40. The number of carboxylic acid groups (broad SMARTS) is 1. The molecule has 0 fully saturated rings. The van der Waals surface area contributed by atoms with Gasteiger partial charge in [0, 0.05) is 5.56 Å². The fourth-order valence-electron chi connectivity index (χ4n) is 1.38. The van der Waals surface area contributed by atoms with Gasteiger partial charge in [0.25, 0.3) is 5.91 Å². The van der Waals surface area contributed by atoms with Crippen LogP contribution in [0.15, 0.2) is 36.9 Å². The predicted octanol–water partition coefficient (Wildman–Crippen LogP) is 1.97. The van der Waals surface area contributed by atoms with Crippen LogP contribution >= 0.6 is 0 Å². The van der Waals surface area contributed by atoms with Gasteiger partial charge in [0.05, 0.1) is 0 Å². The van der Waals surface area contributed by atoms with E-state index in [1.54, 1.807) is 6.08 Å². The van der Waals surface area contributed by atoms with Crippen LogP contribution < -0.4 is 5.32 Å². The van der Waals surface area contributed by atoms with E-state index in [-0.39, 0.29) is 12.0 Å². The van der Waals surface area contributed by atoms with Gasteiger partial charge >= 0.3 is 5.97 Å². The van der Waals surface area contributed by atoms with Gasteiger partial charge in [-0.3, -0.25) is 4.79 Å². The molecule has 0 bridgehead atoms. The Morgan fingerprint density at radius 2 is 2.00 bits per heavy atom. The molecule has 1 amide bonds. The van der Waals surface area contributed by atoms with E-state index in [4.69, 9.17) is 5.11 Å². The highest BCUT2D eigenvalue weighted by molar-refractivity contribution is 5.96. The molecule has 0 radical (unpaired) electrons. The Bertz CT molecular complexity index is 442. The Kier molecular flexibility index (Phi) is 5.05. The van der Waals surface area contributed by atoms with Gasteiger partial charge in [0.1, 0.15) is 11.9 Å². The first-order valence-electron chi connectivity index (χ1n) is 5.44. The monoisotopic (exact) mass is 251 g/mol. The van der Waals surface area contributed by atoms with Crippen LogP contribution in [0.4, 0.5) is 4.39 Å². The number of carbonyl (C=O) groups excluding carboxylic acids is 1. The molecule has 1 aromatic carbocycles. The minimum atomic E-state index is -1.10. The first-order valence-corrected chi connectivity index (χ1v) is 5.44. The third-order valence-electron chi connectivity index (χ3n) is 2.37. The molecule has 0 saturated carbocycles. The average molecular weight is 251 g/mol. The molecule has 0 aliphatic carbocycles. The molecule has 1 atom stereocenters. The summed E-state index contributed by atoms with van der Waals surface area (Å²) in [4.78, 5) is 22.6. The molecule has 0 aromatic heterocycles. The molecule has 4 nitrogen and oxygen atoms in total. The quantitative estimate of drug-likeness (QED) is 0.760. The second-order valence-corrected chi connectivity index (χ2v) is 3.74. The van der Waals surface area contributed by atoms with Gasteiger partial charge in [0.2, 0.25) is 0 Å². The number of nitrogens with one attached hydrogen (secondary N) is 1. The summed E-state index contributed by atoms with van der Waals surface area (Å²) in [6.45, 7) is 3.49. The molecule has 2 N–H and O–H groups in total. The first kappa shape index (κ1) is 13.9. The van der Waals surface area contributed by atoms with Crippen LogP contribution in [0.3, 0.4) is 0 Å². The van der Waals surface area contributed by atoms with Gasteiger partial charge in [-0.2, -0.15) is 0 Å². The highest BCUT2D eigenvalue weighted by Gasteiger charge is 2.19. The molecule has 0 saturated heterocycles. The Balaban J connectivity index is 2.68. The second kappa shape index (κ2) is 6.54. The zero-order valence-corrected chi connectivity index (χ0v) is 9.73. The van der Waals surface area contributed by atoms with Crippen molar-refractivity contribution in [3.05, 3.63) is 48.3 Å². The predicted molar refractivity (Wildman–Crippen MR) is 64.7 cm³/mol. The lowest BCUT2D eigenvalue weighted by Gasteiger charge is -2.13. The minimum absolute atomic E-state index is 0.223. The second-order valence-electron chi connectivity index (χ2n) is 3.74. The normalized spacial score (nSPS) is 11.6. The number of hydrogen-bond acceptors (Lipinski definition) is 2. The maximum Gasteiger partial charge on any atom is 0.326 e. The molecule has 0 aliphatic heterocycles. The molecule has 0 spiro atoms. The van der Waals surface area contributed by atoms with E-state index in [1.165, 1.54) is 12.1 Å². The lowest BCUT2D eigenvalue weighted by atomic mass is 10.1. The van der Waals surface area contributed by atoms with Gasteiger partial charge in [-0.05, 0) is 37.1 Å². The van der Waals surface area contributed by atoms with E-state index in [1.807, 2.05) is 0 Å². The Labute approximate surface area is 104 Å². The Morgan fingerprint density at radius 3 is 2.50 bits per heavy atom. The van der Waals surface area contributed by atoms with Crippen LogP contribution in [0.5, 0.6) is 0 Å². The number of amides is 1. The first-order chi connectivity index (χ1) is 8.54. The van der Waals surface area contributed by atoms with Crippen molar-refractivity contribution in [2.75, 3.05) is 0 Å². The van der Waals surface area contributed by atoms with Crippen LogP contribution in [-0.2, 0) is 4.79 Å². The van der Waals surface area contributed by atoms with Crippen molar-refractivity contribution in [1.82, 2.24) is 5.32 Å². The molecule has 5 heteroatoms. The van der Waals surface area contributed by atoms with Crippen molar-refractivity contribution in [1.29, 1.82) is 0 Å². The number of benzene rings is 1. The maximum absolute atomic E-state index is 12.7. The van der Waals surface area contributed by atoms with Crippen LogP contribution in [0.25, 0.3) is 0 Å². The number of aliphatic carboxylic acids is 1. The summed E-state index contributed by atoms with van der Waals surface area (Å²) in [7, 11) is 0. The topological polar surface area (TPSA) is 66.4 Å². The van der Waals surface area contributed by atoms with Crippen LogP contribution in [0, 0.1) is 5.82 Å². The van der Waals surface area contributed by atoms with Crippen molar-refractivity contribution in [3.8, 4) is 0 Å². The molecule has 18 heavy (non-hydrogen) atoms. The molecule has 1 rings (SSSR count). The summed E-state index contributed by atoms with van der Waals surface area (Å²) in [5.74, 6) is -2.09. The highest BCUT2D eigenvalue weighted by atomic mass is 19.1. The number of hydrogen-bond donors (Lipinski definition) is 2. The summed E-state index contributed by atoms with van der Waals surface area (Å²) in [5.41, 5.74) is 0.223. The molecular formula is C13H14FNO3. The van der Waals surface area contributed by atoms with E-state index in [0.717, 1.165) is 12.1 Å². The number of allylic oxidation sites excluding steroid dienone is 1. The fourth-order valence-corrected chi connectivity index (χ4v) is 1.38. The number of rotatable bonds is 6. The fraction of sp³-hybridized carbons (Fsp3) is 0.231. The Hall–Kier alpha value is -2.17. The van der Waals surface area contributed by atoms with Crippen molar-refractivity contribution < 1.29 is 19.1 Å². The molecule has 0 unspecified atom stereocenters. The number of carboxylic acids is 1. The summed E-state index contributed by atoms with van der Waals surface area (Å²) in [5, 5.41) is 11.3. The third kappa shape index (κ3) is 4.01. The highest BCUT2D eigenvalue weighted by Crippen LogP contribution is 2.05. The van der Waals surface area contributed by atoms with E-state index >= 15 is 0 Å². The Morgan fingerprint density at radius 1 is 1.39 bits per heavy atom. The van der Waals surface area contributed by atoms with Gasteiger partial charge in [-0.1, -0.05) is 6.08 Å².